The van der Waals surface area contributed by atoms with Gasteiger partial charge in [0.25, 0.3) is 0 Å². The van der Waals surface area contributed by atoms with Gasteiger partial charge < -0.3 is 5.21 Å². The monoisotopic (exact) mass is 216 g/mol. The van der Waals surface area contributed by atoms with Crippen molar-refractivity contribution in [3.8, 4) is 0 Å². The highest BCUT2D eigenvalue weighted by molar-refractivity contribution is 6.12. The van der Waals surface area contributed by atoms with Gasteiger partial charge in [0.05, 0.1) is 0 Å². The van der Waals surface area contributed by atoms with E-state index in [1.165, 1.54) is 12.1 Å². The highest BCUT2D eigenvalue weighted by Gasteiger charge is 2.07. The minimum absolute atomic E-state index is 0.327. The zero-order chi connectivity index (χ0) is 11.4. The van der Waals surface area contributed by atoms with E-state index in [1.807, 2.05) is 0 Å². The molecule has 0 aliphatic rings. The van der Waals surface area contributed by atoms with E-state index in [4.69, 9.17) is 5.21 Å². The summed E-state index contributed by atoms with van der Waals surface area (Å²) in [5, 5.41) is 12.2. The van der Waals surface area contributed by atoms with Crippen molar-refractivity contribution in [3.63, 3.8) is 0 Å². The fourth-order valence-corrected chi connectivity index (χ4v) is 1.39. The lowest BCUT2D eigenvalue weighted by molar-refractivity contribution is 0.319. The maximum atomic E-state index is 12.7. The van der Waals surface area contributed by atoms with Crippen LogP contribution in [0.1, 0.15) is 11.1 Å². The molecule has 0 spiro atoms. The van der Waals surface area contributed by atoms with Crippen LogP contribution in [0.15, 0.2) is 53.9 Å². The van der Waals surface area contributed by atoms with Crippen LogP contribution in [0.2, 0.25) is 0 Å². The van der Waals surface area contributed by atoms with E-state index in [0.717, 1.165) is 0 Å². The lowest BCUT2D eigenvalue weighted by Crippen LogP contribution is -2.03. The number of benzene rings is 1. The zero-order valence-corrected chi connectivity index (χ0v) is 8.34. The molecule has 3 nitrogen and oxygen atoms in total. The molecule has 0 fully saturated rings. The van der Waals surface area contributed by atoms with Gasteiger partial charge in [0, 0.05) is 23.5 Å². The predicted octanol–water partition coefficient (Wildman–Crippen LogP) is 2.45. The van der Waals surface area contributed by atoms with Gasteiger partial charge in [0.1, 0.15) is 11.5 Å². The Morgan fingerprint density at radius 1 is 1.12 bits per heavy atom. The quantitative estimate of drug-likeness (QED) is 0.476. The lowest BCUT2D eigenvalue weighted by atomic mass is 10.0. The second kappa shape index (κ2) is 4.53. The smallest absolute Gasteiger partial charge is 0.123 e. The summed E-state index contributed by atoms with van der Waals surface area (Å²) < 4.78 is 12.7. The molecule has 0 amide bonds. The summed E-state index contributed by atoms with van der Waals surface area (Å²) in [4.78, 5) is 3.93. The summed E-state index contributed by atoms with van der Waals surface area (Å²) >= 11 is 0. The molecule has 0 saturated heterocycles. The normalized spacial score (nSPS) is 11.4. The lowest BCUT2D eigenvalue weighted by Gasteiger charge is -2.03. The Labute approximate surface area is 91.9 Å². The van der Waals surface area contributed by atoms with Crippen molar-refractivity contribution in [3.05, 3.63) is 65.7 Å². The van der Waals surface area contributed by atoms with E-state index in [-0.39, 0.29) is 5.82 Å². The van der Waals surface area contributed by atoms with Gasteiger partial charge in [-0.25, -0.2) is 4.39 Å². The molecule has 0 radical (unpaired) electrons. The van der Waals surface area contributed by atoms with Crippen LogP contribution in [0.3, 0.4) is 0 Å². The molecule has 0 atom stereocenters. The first-order chi connectivity index (χ1) is 7.81. The van der Waals surface area contributed by atoms with Crippen LogP contribution in [0.4, 0.5) is 4.39 Å². The first-order valence-corrected chi connectivity index (χ1v) is 4.69. The Morgan fingerprint density at radius 2 is 1.88 bits per heavy atom. The van der Waals surface area contributed by atoms with Crippen molar-refractivity contribution in [2.75, 3.05) is 0 Å². The molecule has 4 heteroatoms. The van der Waals surface area contributed by atoms with Crippen LogP contribution < -0.4 is 0 Å². The summed E-state index contributed by atoms with van der Waals surface area (Å²) in [5.74, 6) is -0.327. The van der Waals surface area contributed by atoms with Crippen LogP contribution in [0.25, 0.3) is 0 Å². The molecule has 1 aromatic carbocycles. The van der Waals surface area contributed by atoms with Gasteiger partial charge in [-0.2, -0.15) is 0 Å². The first-order valence-electron chi connectivity index (χ1n) is 4.69. The van der Waals surface area contributed by atoms with Gasteiger partial charge in [0.15, 0.2) is 0 Å². The third-order valence-electron chi connectivity index (χ3n) is 2.15. The number of hydrogen-bond acceptors (Lipinski definition) is 3. The summed E-state index contributed by atoms with van der Waals surface area (Å²) in [5.41, 5.74) is 1.68. The average Bonchev–Trinajstić information content (AvgIpc) is 2.34. The molecule has 1 aromatic heterocycles. The molecule has 0 bridgehead atoms. The second-order valence-corrected chi connectivity index (χ2v) is 3.20. The topological polar surface area (TPSA) is 45.5 Å². The number of aromatic nitrogens is 1. The van der Waals surface area contributed by atoms with E-state index >= 15 is 0 Å². The largest absolute Gasteiger partial charge is 0.410 e. The molecule has 0 aliphatic heterocycles. The van der Waals surface area contributed by atoms with Crippen LogP contribution in [0, 0.1) is 5.82 Å². The molecule has 0 unspecified atom stereocenters. The third-order valence-corrected chi connectivity index (χ3v) is 2.15. The minimum Gasteiger partial charge on any atom is -0.410 e. The summed E-state index contributed by atoms with van der Waals surface area (Å²) in [7, 11) is 0. The predicted molar refractivity (Wildman–Crippen MR) is 58.1 cm³/mol. The Morgan fingerprint density at radius 3 is 2.44 bits per heavy atom. The highest BCUT2D eigenvalue weighted by Crippen LogP contribution is 2.10. The molecule has 1 heterocycles. The Bertz CT molecular complexity index is 494. The Kier molecular flexibility index (Phi) is 2.91. The number of nitrogens with zero attached hydrogens (tertiary/aromatic N) is 2. The fraction of sp³-hybridized carbons (Fsp3) is 0. The van der Waals surface area contributed by atoms with E-state index in [9.17, 15) is 4.39 Å². The van der Waals surface area contributed by atoms with Crippen LogP contribution in [-0.2, 0) is 0 Å². The standard InChI is InChI=1S/C12H9FN2O/c13-11-5-3-9(4-6-11)12(15-16)10-2-1-7-14-8-10/h1-8,16H/b15-12+. The van der Waals surface area contributed by atoms with Gasteiger partial charge >= 0.3 is 0 Å². The van der Waals surface area contributed by atoms with Crippen molar-refractivity contribution >= 4 is 5.71 Å². The van der Waals surface area contributed by atoms with E-state index < -0.39 is 0 Å². The van der Waals surface area contributed by atoms with Gasteiger partial charge in [-0.1, -0.05) is 5.16 Å². The first kappa shape index (κ1) is 10.3. The number of halogens is 1. The Hall–Kier alpha value is -2.23. The summed E-state index contributed by atoms with van der Waals surface area (Å²) in [6.07, 6.45) is 3.21. The summed E-state index contributed by atoms with van der Waals surface area (Å²) in [6, 6.07) is 9.25. The number of pyridine rings is 1. The molecule has 0 saturated carbocycles. The molecule has 80 valence electrons. The maximum Gasteiger partial charge on any atom is 0.123 e. The highest BCUT2D eigenvalue weighted by atomic mass is 19.1. The SMILES string of the molecule is O/N=C(\c1ccc(F)cc1)c1cccnc1. The molecule has 2 rings (SSSR count). The van der Waals surface area contributed by atoms with E-state index in [1.54, 1.807) is 36.7 Å². The number of rotatable bonds is 2. The fourth-order valence-electron chi connectivity index (χ4n) is 1.39. The maximum absolute atomic E-state index is 12.7. The van der Waals surface area contributed by atoms with Gasteiger partial charge in [-0.05, 0) is 36.4 Å². The van der Waals surface area contributed by atoms with Crippen molar-refractivity contribution in [1.82, 2.24) is 4.98 Å². The van der Waals surface area contributed by atoms with E-state index in [2.05, 4.69) is 10.1 Å². The second-order valence-electron chi connectivity index (χ2n) is 3.20. The van der Waals surface area contributed by atoms with Gasteiger partial charge in [0.2, 0.25) is 0 Å². The average molecular weight is 216 g/mol. The third kappa shape index (κ3) is 2.06. The molecule has 0 aliphatic carbocycles. The van der Waals surface area contributed by atoms with Crippen molar-refractivity contribution in [1.29, 1.82) is 0 Å². The van der Waals surface area contributed by atoms with Crippen molar-refractivity contribution < 1.29 is 9.60 Å². The number of oxime groups is 1. The van der Waals surface area contributed by atoms with Crippen LogP contribution in [0.5, 0.6) is 0 Å². The van der Waals surface area contributed by atoms with Gasteiger partial charge in [-0.3, -0.25) is 4.98 Å². The van der Waals surface area contributed by atoms with Crippen LogP contribution >= 0.6 is 0 Å². The van der Waals surface area contributed by atoms with Crippen molar-refractivity contribution in [2.45, 2.75) is 0 Å². The van der Waals surface area contributed by atoms with Crippen LogP contribution in [-0.4, -0.2) is 15.9 Å². The molecule has 2 aromatic rings. The zero-order valence-electron chi connectivity index (χ0n) is 8.34. The number of hydrogen-bond donors (Lipinski definition) is 1. The summed E-state index contributed by atoms with van der Waals surface area (Å²) in [6.45, 7) is 0. The molecular formula is C12H9FN2O. The van der Waals surface area contributed by atoms with Crippen molar-refractivity contribution in [2.24, 2.45) is 5.16 Å². The van der Waals surface area contributed by atoms with E-state index in [0.29, 0.717) is 16.8 Å². The van der Waals surface area contributed by atoms with Gasteiger partial charge in [-0.15, -0.1) is 0 Å². The minimum atomic E-state index is -0.327. The molecule has 1 N–H and O–H groups in total. The molecule has 16 heavy (non-hydrogen) atoms. The molecular weight excluding hydrogens is 207 g/mol. The Balaban J connectivity index is 2.42.